The lowest BCUT2D eigenvalue weighted by Crippen LogP contribution is -2.40. The average Bonchev–Trinajstić information content (AvgIpc) is 2.37. The molecule has 0 saturated carbocycles. The summed E-state index contributed by atoms with van der Waals surface area (Å²) in [5.41, 5.74) is 1.15. The second-order valence-electron chi connectivity index (χ2n) is 4.79. The first-order valence-electron chi connectivity index (χ1n) is 6.37. The third-order valence-corrected chi connectivity index (χ3v) is 2.60. The van der Waals surface area contributed by atoms with E-state index in [4.69, 9.17) is 0 Å². The number of likely N-dealkylation sites (N-methyl/N-ethyl adjacent to an activating group) is 1. The number of anilines is 1. The van der Waals surface area contributed by atoms with Gasteiger partial charge in [0, 0.05) is 32.4 Å². The number of carbonyl (C=O) groups excluding carboxylic acids is 1. The molecule has 100 valence electrons. The van der Waals surface area contributed by atoms with Crippen molar-refractivity contribution in [3.63, 3.8) is 0 Å². The quantitative estimate of drug-likeness (QED) is 0.810. The number of rotatable bonds is 6. The Morgan fingerprint density at radius 1 is 1.22 bits per heavy atom. The Bertz CT molecular complexity index is 351. The Morgan fingerprint density at radius 3 is 2.50 bits per heavy atom. The molecule has 1 aromatic carbocycles. The lowest BCUT2D eigenvalue weighted by molar-refractivity contribution is 0.240. The molecule has 4 nitrogen and oxygen atoms in total. The van der Waals surface area contributed by atoms with Gasteiger partial charge in [-0.25, -0.2) is 4.79 Å². The van der Waals surface area contributed by atoms with Gasteiger partial charge >= 0.3 is 6.03 Å². The monoisotopic (exact) mass is 249 g/mol. The molecule has 0 radical (unpaired) electrons. The molecule has 1 rings (SSSR count). The SMILES string of the molecule is CC(C)CNC(=O)NCCN(C)c1ccccc1. The fraction of sp³-hybridized carbons (Fsp3) is 0.500. The fourth-order valence-corrected chi connectivity index (χ4v) is 1.51. The maximum Gasteiger partial charge on any atom is 0.314 e. The molecule has 2 amide bonds. The minimum absolute atomic E-state index is 0.0924. The summed E-state index contributed by atoms with van der Waals surface area (Å²) in [4.78, 5) is 13.5. The van der Waals surface area contributed by atoms with Crippen LogP contribution >= 0.6 is 0 Å². The van der Waals surface area contributed by atoms with Crippen LogP contribution in [0.2, 0.25) is 0 Å². The normalized spacial score (nSPS) is 10.2. The number of hydrogen-bond donors (Lipinski definition) is 2. The van der Waals surface area contributed by atoms with Gasteiger partial charge in [-0.15, -0.1) is 0 Å². The highest BCUT2D eigenvalue weighted by molar-refractivity contribution is 5.73. The first kappa shape index (κ1) is 14.4. The van der Waals surface area contributed by atoms with Gasteiger partial charge in [0.1, 0.15) is 0 Å². The molecule has 0 aliphatic rings. The molecule has 0 aliphatic carbocycles. The van der Waals surface area contributed by atoms with Gasteiger partial charge in [-0.05, 0) is 18.1 Å². The molecule has 0 aromatic heterocycles. The van der Waals surface area contributed by atoms with Crippen molar-refractivity contribution in [3.8, 4) is 0 Å². The number of nitrogens with one attached hydrogen (secondary N) is 2. The number of hydrogen-bond acceptors (Lipinski definition) is 2. The summed E-state index contributed by atoms with van der Waals surface area (Å²) in [6, 6.07) is 10.0. The van der Waals surface area contributed by atoms with Crippen molar-refractivity contribution in [1.82, 2.24) is 10.6 Å². The van der Waals surface area contributed by atoms with E-state index in [1.807, 2.05) is 25.2 Å². The summed E-state index contributed by atoms with van der Waals surface area (Å²) in [5.74, 6) is 0.475. The van der Waals surface area contributed by atoms with Crippen molar-refractivity contribution < 1.29 is 4.79 Å². The highest BCUT2D eigenvalue weighted by atomic mass is 16.2. The molecule has 0 saturated heterocycles. The number of amides is 2. The Balaban J connectivity index is 2.19. The molecule has 18 heavy (non-hydrogen) atoms. The van der Waals surface area contributed by atoms with Crippen LogP contribution in [0.5, 0.6) is 0 Å². The number of carbonyl (C=O) groups is 1. The fourth-order valence-electron chi connectivity index (χ4n) is 1.51. The Kier molecular flexibility index (Phi) is 6.05. The van der Waals surface area contributed by atoms with Crippen LogP contribution in [0.3, 0.4) is 0 Å². The summed E-state index contributed by atoms with van der Waals surface area (Å²) < 4.78 is 0. The zero-order valence-electron chi connectivity index (χ0n) is 11.4. The lowest BCUT2D eigenvalue weighted by atomic mass is 10.2. The predicted octanol–water partition coefficient (Wildman–Crippen LogP) is 2.08. The van der Waals surface area contributed by atoms with E-state index < -0.39 is 0 Å². The largest absolute Gasteiger partial charge is 0.373 e. The van der Waals surface area contributed by atoms with Crippen LogP contribution in [0.1, 0.15) is 13.8 Å². The molecule has 4 heteroatoms. The van der Waals surface area contributed by atoms with Gasteiger partial charge in [0.25, 0.3) is 0 Å². The van der Waals surface area contributed by atoms with Gasteiger partial charge in [0.2, 0.25) is 0 Å². The van der Waals surface area contributed by atoms with Gasteiger partial charge in [0.15, 0.2) is 0 Å². The van der Waals surface area contributed by atoms with Gasteiger partial charge in [-0.1, -0.05) is 32.0 Å². The van der Waals surface area contributed by atoms with E-state index in [2.05, 4.69) is 41.5 Å². The molecule has 0 bridgehead atoms. The van der Waals surface area contributed by atoms with E-state index >= 15 is 0 Å². The average molecular weight is 249 g/mol. The van der Waals surface area contributed by atoms with Crippen LogP contribution in [0.25, 0.3) is 0 Å². The minimum atomic E-state index is -0.0924. The first-order valence-corrected chi connectivity index (χ1v) is 6.37. The van der Waals surface area contributed by atoms with E-state index in [1.165, 1.54) is 0 Å². The number of urea groups is 1. The van der Waals surface area contributed by atoms with Crippen molar-refractivity contribution in [2.45, 2.75) is 13.8 Å². The van der Waals surface area contributed by atoms with Crippen molar-refractivity contribution in [3.05, 3.63) is 30.3 Å². The number of benzene rings is 1. The predicted molar refractivity (Wildman–Crippen MR) is 76.0 cm³/mol. The van der Waals surface area contributed by atoms with Gasteiger partial charge in [-0.2, -0.15) is 0 Å². The maximum absolute atomic E-state index is 11.4. The van der Waals surface area contributed by atoms with Crippen LogP contribution < -0.4 is 15.5 Å². The van der Waals surface area contributed by atoms with Crippen LogP contribution in [0, 0.1) is 5.92 Å². The zero-order chi connectivity index (χ0) is 13.4. The summed E-state index contributed by atoms with van der Waals surface area (Å²) in [7, 11) is 2.02. The van der Waals surface area contributed by atoms with Crippen LogP contribution in [0.15, 0.2) is 30.3 Å². The van der Waals surface area contributed by atoms with Gasteiger partial charge in [-0.3, -0.25) is 0 Å². The molecule has 0 atom stereocenters. The van der Waals surface area contributed by atoms with E-state index in [9.17, 15) is 4.79 Å². The Labute approximate surface area is 109 Å². The number of nitrogens with zero attached hydrogens (tertiary/aromatic N) is 1. The highest BCUT2D eigenvalue weighted by Gasteiger charge is 2.02. The summed E-state index contributed by atoms with van der Waals surface area (Å²) in [6.07, 6.45) is 0. The molecule has 0 unspecified atom stereocenters. The van der Waals surface area contributed by atoms with E-state index in [1.54, 1.807) is 0 Å². The van der Waals surface area contributed by atoms with Crippen molar-refractivity contribution in [2.24, 2.45) is 5.92 Å². The molecule has 0 fully saturated rings. The first-order chi connectivity index (χ1) is 8.59. The second kappa shape index (κ2) is 7.58. The smallest absolute Gasteiger partial charge is 0.314 e. The number of para-hydroxylation sites is 1. The third-order valence-electron chi connectivity index (χ3n) is 2.60. The van der Waals surface area contributed by atoms with Crippen molar-refractivity contribution >= 4 is 11.7 Å². The minimum Gasteiger partial charge on any atom is -0.373 e. The molecule has 0 heterocycles. The van der Waals surface area contributed by atoms with E-state index in [0.717, 1.165) is 12.2 Å². The van der Waals surface area contributed by atoms with Crippen molar-refractivity contribution in [1.29, 1.82) is 0 Å². The van der Waals surface area contributed by atoms with Crippen LogP contribution in [-0.2, 0) is 0 Å². The van der Waals surface area contributed by atoms with Crippen LogP contribution in [0.4, 0.5) is 10.5 Å². The van der Waals surface area contributed by atoms with Crippen LogP contribution in [-0.4, -0.2) is 32.7 Å². The van der Waals surface area contributed by atoms with E-state index in [0.29, 0.717) is 19.0 Å². The van der Waals surface area contributed by atoms with Gasteiger partial charge in [0.05, 0.1) is 0 Å². The Morgan fingerprint density at radius 2 is 1.89 bits per heavy atom. The molecule has 1 aromatic rings. The molecular formula is C14H23N3O. The van der Waals surface area contributed by atoms with Crippen molar-refractivity contribution in [2.75, 3.05) is 31.6 Å². The summed E-state index contributed by atoms with van der Waals surface area (Å²) >= 11 is 0. The third kappa shape index (κ3) is 5.57. The maximum atomic E-state index is 11.4. The molecule has 0 aliphatic heterocycles. The zero-order valence-corrected chi connectivity index (χ0v) is 11.4. The summed E-state index contributed by atoms with van der Waals surface area (Å²) in [5, 5.41) is 5.67. The summed E-state index contributed by atoms with van der Waals surface area (Å²) in [6.45, 7) is 6.28. The molecule has 0 spiro atoms. The highest BCUT2D eigenvalue weighted by Crippen LogP contribution is 2.09. The van der Waals surface area contributed by atoms with Gasteiger partial charge < -0.3 is 15.5 Å². The molecular weight excluding hydrogens is 226 g/mol. The molecule has 2 N–H and O–H groups in total. The lowest BCUT2D eigenvalue weighted by Gasteiger charge is -2.19. The second-order valence-corrected chi connectivity index (χ2v) is 4.79. The Hall–Kier alpha value is -1.71. The topological polar surface area (TPSA) is 44.4 Å². The van der Waals surface area contributed by atoms with E-state index in [-0.39, 0.29) is 6.03 Å². The standard InChI is InChI=1S/C14H23N3O/c1-12(2)11-16-14(18)15-9-10-17(3)13-7-5-4-6-8-13/h4-8,12H,9-11H2,1-3H3,(H2,15,16,18).